The molecule has 0 saturated carbocycles. The van der Waals surface area contributed by atoms with E-state index in [1.807, 2.05) is 26.8 Å². The molecule has 1 N–H and O–H groups in total. The number of carbonyl (C=O) groups is 2. The zero-order chi connectivity index (χ0) is 21.3. The van der Waals surface area contributed by atoms with Crippen LogP contribution in [0.3, 0.4) is 0 Å². The normalized spacial score (nSPS) is 15.7. The molecule has 2 amide bonds. The number of nitrogens with zero attached hydrogens (tertiary/aromatic N) is 2. The Morgan fingerprint density at radius 1 is 1.14 bits per heavy atom. The largest absolute Gasteiger partial charge is 0.497 e. The number of hydrogen-bond donors (Lipinski definition) is 1. The van der Waals surface area contributed by atoms with Gasteiger partial charge >= 0.3 is 0 Å². The van der Waals surface area contributed by atoms with Gasteiger partial charge in [-0.3, -0.25) is 14.9 Å². The molecule has 7 nitrogen and oxygen atoms in total. The van der Waals surface area contributed by atoms with Crippen LogP contribution in [0.15, 0.2) is 29.8 Å². The van der Waals surface area contributed by atoms with Gasteiger partial charge in [-0.15, -0.1) is 0 Å². The number of aryl methyl sites for hydroxylation is 1. The molecule has 1 aliphatic heterocycles. The van der Waals surface area contributed by atoms with Crippen LogP contribution in [-0.4, -0.2) is 35.7 Å². The van der Waals surface area contributed by atoms with E-state index in [2.05, 4.69) is 9.88 Å². The zero-order valence-electron chi connectivity index (χ0n) is 17.0. The molecular weight excluding hydrogens is 390 g/mol. The predicted molar refractivity (Wildman–Crippen MR) is 115 cm³/mol. The number of ether oxygens (including phenoxy) is 2. The first-order chi connectivity index (χ1) is 13.8. The Morgan fingerprint density at radius 2 is 1.86 bits per heavy atom. The predicted octanol–water partition coefficient (Wildman–Crippen LogP) is 2.97. The van der Waals surface area contributed by atoms with Crippen molar-refractivity contribution in [2.45, 2.75) is 27.3 Å². The second-order valence-corrected chi connectivity index (χ2v) is 6.95. The Kier molecular flexibility index (Phi) is 5.74. The van der Waals surface area contributed by atoms with Crippen LogP contribution >= 0.6 is 12.2 Å². The van der Waals surface area contributed by atoms with Crippen molar-refractivity contribution in [1.29, 1.82) is 0 Å². The number of anilines is 1. The van der Waals surface area contributed by atoms with Crippen molar-refractivity contribution in [1.82, 2.24) is 9.88 Å². The average molecular weight is 413 g/mol. The molecule has 1 aliphatic rings. The molecule has 0 radical (unpaired) electrons. The standard InChI is InChI=1S/C21H23N3O4S/c1-6-23-12(2)9-14(13(23)3)10-16-19(25)22-21(29)24(20(16)26)17-8-7-15(27-4)11-18(17)28-5/h7-11H,6H2,1-5H3,(H,22,25,29)/b16-10+. The quantitative estimate of drug-likeness (QED) is 0.464. The lowest BCUT2D eigenvalue weighted by atomic mass is 10.1. The molecule has 1 fully saturated rings. The molecule has 152 valence electrons. The van der Waals surface area contributed by atoms with Crippen LogP contribution in [0, 0.1) is 13.8 Å². The van der Waals surface area contributed by atoms with Crippen LogP contribution in [0.4, 0.5) is 5.69 Å². The van der Waals surface area contributed by atoms with Gasteiger partial charge < -0.3 is 14.0 Å². The van der Waals surface area contributed by atoms with Gasteiger partial charge in [0.2, 0.25) is 0 Å². The van der Waals surface area contributed by atoms with Crippen molar-refractivity contribution in [2.75, 3.05) is 19.1 Å². The molecule has 1 aromatic heterocycles. The van der Waals surface area contributed by atoms with Crippen molar-refractivity contribution in [3.05, 3.63) is 46.8 Å². The fraction of sp³-hybridized carbons (Fsp3) is 0.286. The highest BCUT2D eigenvalue weighted by molar-refractivity contribution is 7.80. The summed E-state index contributed by atoms with van der Waals surface area (Å²) < 4.78 is 12.7. The summed E-state index contributed by atoms with van der Waals surface area (Å²) in [6.07, 6.45) is 1.61. The molecule has 0 aliphatic carbocycles. The van der Waals surface area contributed by atoms with E-state index in [9.17, 15) is 9.59 Å². The van der Waals surface area contributed by atoms with Crippen LogP contribution in [0.2, 0.25) is 0 Å². The molecule has 29 heavy (non-hydrogen) atoms. The fourth-order valence-corrected chi connectivity index (χ4v) is 3.74. The molecule has 1 aromatic carbocycles. The lowest BCUT2D eigenvalue weighted by Crippen LogP contribution is -2.54. The SMILES string of the molecule is CCn1c(C)cc(/C=C2\C(=O)NC(=S)N(c3ccc(OC)cc3OC)C2=O)c1C. The van der Waals surface area contributed by atoms with Gasteiger partial charge in [-0.05, 0) is 62.8 Å². The van der Waals surface area contributed by atoms with Gasteiger partial charge in [0.25, 0.3) is 11.8 Å². The van der Waals surface area contributed by atoms with E-state index in [-0.39, 0.29) is 10.7 Å². The summed E-state index contributed by atoms with van der Waals surface area (Å²) in [5.41, 5.74) is 3.29. The molecule has 0 atom stereocenters. The third-order valence-corrected chi connectivity index (χ3v) is 5.24. The maximum Gasteiger partial charge on any atom is 0.270 e. The average Bonchev–Trinajstić information content (AvgIpc) is 2.97. The number of nitrogens with one attached hydrogen (secondary N) is 1. The third kappa shape index (κ3) is 3.63. The van der Waals surface area contributed by atoms with E-state index in [0.717, 1.165) is 23.5 Å². The van der Waals surface area contributed by atoms with E-state index in [1.54, 1.807) is 31.4 Å². The monoisotopic (exact) mass is 413 g/mol. The van der Waals surface area contributed by atoms with Crippen molar-refractivity contribution < 1.29 is 19.1 Å². The number of benzene rings is 1. The van der Waals surface area contributed by atoms with Gasteiger partial charge in [-0.1, -0.05) is 0 Å². The number of aromatic nitrogens is 1. The Hall–Kier alpha value is -3.13. The Bertz CT molecular complexity index is 1040. The van der Waals surface area contributed by atoms with Gasteiger partial charge in [0.15, 0.2) is 5.11 Å². The summed E-state index contributed by atoms with van der Waals surface area (Å²) in [5.74, 6) is -0.0546. The first-order valence-electron chi connectivity index (χ1n) is 9.12. The number of methoxy groups -OCH3 is 2. The van der Waals surface area contributed by atoms with E-state index in [0.29, 0.717) is 17.2 Å². The number of thiocarbonyl (C=S) groups is 1. The van der Waals surface area contributed by atoms with Crippen molar-refractivity contribution >= 4 is 40.9 Å². The molecule has 2 aromatic rings. The lowest BCUT2D eigenvalue weighted by molar-refractivity contribution is -0.122. The van der Waals surface area contributed by atoms with E-state index in [1.165, 1.54) is 12.0 Å². The van der Waals surface area contributed by atoms with Crippen molar-refractivity contribution in [2.24, 2.45) is 0 Å². The highest BCUT2D eigenvalue weighted by Gasteiger charge is 2.36. The van der Waals surface area contributed by atoms with Crippen molar-refractivity contribution in [3.63, 3.8) is 0 Å². The smallest absolute Gasteiger partial charge is 0.270 e. The minimum absolute atomic E-state index is 0.000326. The first kappa shape index (κ1) is 20.6. The summed E-state index contributed by atoms with van der Waals surface area (Å²) in [7, 11) is 3.03. The Labute approximate surface area is 174 Å². The lowest BCUT2D eigenvalue weighted by Gasteiger charge is -2.30. The van der Waals surface area contributed by atoms with Crippen LogP contribution in [0.5, 0.6) is 11.5 Å². The Morgan fingerprint density at radius 3 is 2.45 bits per heavy atom. The molecule has 0 unspecified atom stereocenters. The van der Waals surface area contributed by atoms with Crippen LogP contribution in [-0.2, 0) is 16.1 Å². The minimum Gasteiger partial charge on any atom is -0.497 e. The molecule has 3 rings (SSSR count). The number of rotatable bonds is 5. The fourth-order valence-electron chi connectivity index (χ4n) is 3.46. The number of hydrogen-bond acceptors (Lipinski definition) is 5. The highest BCUT2D eigenvalue weighted by Crippen LogP contribution is 2.34. The molecular formula is C21H23N3O4S. The van der Waals surface area contributed by atoms with E-state index >= 15 is 0 Å². The second kappa shape index (κ2) is 8.08. The summed E-state index contributed by atoms with van der Waals surface area (Å²) in [5, 5.41) is 2.60. The highest BCUT2D eigenvalue weighted by atomic mass is 32.1. The third-order valence-electron chi connectivity index (χ3n) is 4.96. The second-order valence-electron chi connectivity index (χ2n) is 6.57. The van der Waals surface area contributed by atoms with Crippen LogP contribution in [0.1, 0.15) is 23.9 Å². The number of amides is 2. The Balaban J connectivity index is 2.08. The maximum absolute atomic E-state index is 13.3. The summed E-state index contributed by atoms with van der Waals surface area (Å²) in [6.45, 7) is 6.81. The van der Waals surface area contributed by atoms with Crippen molar-refractivity contribution in [3.8, 4) is 11.5 Å². The van der Waals surface area contributed by atoms with Gasteiger partial charge in [-0.25, -0.2) is 4.90 Å². The topological polar surface area (TPSA) is 72.8 Å². The number of carbonyl (C=O) groups excluding carboxylic acids is 2. The maximum atomic E-state index is 13.3. The van der Waals surface area contributed by atoms with Gasteiger partial charge in [0.05, 0.1) is 19.9 Å². The summed E-state index contributed by atoms with van der Waals surface area (Å²) >= 11 is 5.27. The molecule has 0 spiro atoms. The molecule has 8 heteroatoms. The van der Waals surface area contributed by atoms with Gasteiger partial charge in [0.1, 0.15) is 17.1 Å². The summed E-state index contributed by atoms with van der Waals surface area (Å²) in [6, 6.07) is 6.97. The van der Waals surface area contributed by atoms with E-state index in [4.69, 9.17) is 21.7 Å². The molecule has 0 bridgehead atoms. The zero-order valence-corrected chi connectivity index (χ0v) is 17.8. The first-order valence-corrected chi connectivity index (χ1v) is 9.53. The van der Waals surface area contributed by atoms with Crippen LogP contribution < -0.4 is 19.7 Å². The molecule has 2 heterocycles. The van der Waals surface area contributed by atoms with Gasteiger partial charge in [-0.2, -0.15) is 0 Å². The minimum atomic E-state index is -0.523. The van der Waals surface area contributed by atoms with Crippen LogP contribution in [0.25, 0.3) is 6.08 Å². The van der Waals surface area contributed by atoms with E-state index < -0.39 is 11.8 Å². The van der Waals surface area contributed by atoms with Gasteiger partial charge in [0, 0.05) is 24.0 Å². The molecule has 1 saturated heterocycles. The summed E-state index contributed by atoms with van der Waals surface area (Å²) in [4.78, 5) is 27.1.